The topological polar surface area (TPSA) is 116 Å². The summed E-state index contributed by atoms with van der Waals surface area (Å²) >= 11 is 2.78. The molecule has 0 aliphatic rings. The number of non-ortho nitro benzene ring substituents is 1. The standard InChI is InChI=1S/C17H16N6O3S2/c1-2-8-22-14(10-15(24)19-16-18-7-9-27-16)20-21-17(22)28-11-12-3-5-13(6-4-12)23(25)26/h2-7,9H,1,8,10-11H2,(H,18,19,24). The van der Waals surface area contributed by atoms with Crippen molar-refractivity contribution >= 4 is 39.8 Å². The van der Waals surface area contributed by atoms with Gasteiger partial charge in [-0.1, -0.05) is 30.0 Å². The summed E-state index contributed by atoms with van der Waals surface area (Å²) in [7, 11) is 0. The number of anilines is 1. The van der Waals surface area contributed by atoms with Crippen LogP contribution in [0.2, 0.25) is 0 Å². The number of nitro benzene ring substituents is 1. The average molecular weight is 416 g/mol. The highest BCUT2D eigenvalue weighted by Crippen LogP contribution is 2.24. The summed E-state index contributed by atoms with van der Waals surface area (Å²) in [5.74, 6) is 0.873. The van der Waals surface area contributed by atoms with Crippen molar-refractivity contribution in [1.82, 2.24) is 19.7 Å². The zero-order valence-corrected chi connectivity index (χ0v) is 16.3. The molecule has 0 aliphatic carbocycles. The van der Waals surface area contributed by atoms with Gasteiger partial charge in [-0.05, 0) is 5.56 Å². The summed E-state index contributed by atoms with van der Waals surface area (Å²) in [6.07, 6.45) is 3.40. The molecule has 0 aliphatic heterocycles. The summed E-state index contributed by atoms with van der Waals surface area (Å²) in [6.45, 7) is 4.21. The molecule has 11 heteroatoms. The fourth-order valence-corrected chi connectivity index (χ4v) is 3.79. The molecule has 2 heterocycles. The molecule has 0 fully saturated rings. The van der Waals surface area contributed by atoms with Crippen LogP contribution in [-0.2, 0) is 23.5 Å². The van der Waals surface area contributed by atoms with Crippen LogP contribution in [0, 0.1) is 10.1 Å². The molecule has 144 valence electrons. The van der Waals surface area contributed by atoms with Crippen LogP contribution in [0.3, 0.4) is 0 Å². The SMILES string of the molecule is C=CCn1c(CC(=O)Nc2nccs2)nnc1SCc1ccc([N+](=O)[O-])cc1. The molecule has 3 rings (SSSR count). The molecule has 0 saturated carbocycles. The highest BCUT2D eigenvalue weighted by Gasteiger charge is 2.16. The first-order valence-electron chi connectivity index (χ1n) is 8.15. The number of aromatic nitrogens is 4. The lowest BCUT2D eigenvalue weighted by Gasteiger charge is -2.07. The van der Waals surface area contributed by atoms with Gasteiger partial charge in [0.1, 0.15) is 5.82 Å². The summed E-state index contributed by atoms with van der Waals surface area (Å²) in [5.41, 5.74) is 0.976. The van der Waals surface area contributed by atoms with Gasteiger partial charge >= 0.3 is 0 Å². The number of benzene rings is 1. The normalized spacial score (nSPS) is 10.6. The Morgan fingerprint density at radius 1 is 1.36 bits per heavy atom. The van der Waals surface area contributed by atoms with Crippen molar-refractivity contribution in [3.63, 3.8) is 0 Å². The van der Waals surface area contributed by atoms with E-state index in [4.69, 9.17) is 0 Å². The zero-order chi connectivity index (χ0) is 19.9. The predicted molar refractivity (Wildman–Crippen MR) is 107 cm³/mol. The van der Waals surface area contributed by atoms with E-state index in [0.717, 1.165) is 5.56 Å². The molecular formula is C17H16N6O3S2. The van der Waals surface area contributed by atoms with Crippen LogP contribution in [0.15, 0.2) is 53.7 Å². The van der Waals surface area contributed by atoms with Crippen molar-refractivity contribution in [2.45, 2.75) is 23.9 Å². The van der Waals surface area contributed by atoms with Gasteiger partial charge in [0.05, 0.1) is 11.3 Å². The number of carbonyl (C=O) groups is 1. The van der Waals surface area contributed by atoms with Crippen LogP contribution in [-0.4, -0.2) is 30.6 Å². The Balaban J connectivity index is 1.66. The summed E-state index contributed by atoms with van der Waals surface area (Å²) in [5, 5.41) is 24.7. The number of rotatable bonds is 9. The van der Waals surface area contributed by atoms with Gasteiger partial charge in [-0.2, -0.15) is 0 Å². The maximum absolute atomic E-state index is 12.2. The Hall–Kier alpha value is -3.05. The number of hydrogen-bond donors (Lipinski definition) is 1. The number of nitro groups is 1. The van der Waals surface area contributed by atoms with E-state index in [1.54, 1.807) is 29.8 Å². The molecule has 0 spiro atoms. The van der Waals surface area contributed by atoms with E-state index in [1.807, 2.05) is 4.57 Å². The Morgan fingerprint density at radius 2 is 2.14 bits per heavy atom. The molecule has 0 atom stereocenters. The first-order chi connectivity index (χ1) is 13.6. The summed E-state index contributed by atoms with van der Waals surface area (Å²) < 4.78 is 1.82. The van der Waals surface area contributed by atoms with Gasteiger partial charge in [0, 0.05) is 36.0 Å². The van der Waals surface area contributed by atoms with E-state index in [1.165, 1.54) is 35.2 Å². The van der Waals surface area contributed by atoms with Gasteiger partial charge in [-0.3, -0.25) is 14.9 Å². The van der Waals surface area contributed by atoms with Crippen LogP contribution in [0.5, 0.6) is 0 Å². The summed E-state index contributed by atoms with van der Waals surface area (Å²) in [6, 6.07) is 6.36. The van der Waals surface area contributed by atoms with Crippen LogP contribution >= 0.6 is 23.1 Å². The summed E-state index contributed by atoms with van der Waals surface area (Å²) in [4.78, 5) is 26.5. The van der Waals surface area contributed by atoms with Crippen molar-refractivity contribution in [2.24, 2.45) is 0 Å². The van der Waals surface area contributed by atoms with E-state index >= 15 is 0 Å². The van der Waals surface area contributed by atoms with Crippen LogP contribution in [0.1, 0.15) is 11.4 Å². The van der Waals surface area contributed by atoms with Gasteiger partial charge in [-0.15, -0.1) is 28.1 Å². The predicted octanol–water partition coefficient (Wildman–Crippen LogP) is 3.30. The van der Waals surface area contributed by atoms with Crippen molar-refractivity contribution in [2.75, 3.05) is 5.32 Å². The molecule has 1 aromatic carbocycles. The van der Waals surface area contributed by atoms with Crippen molar-refractivity contribution in [3.05, 3.63) is 70.0 Å². The molecular weight excluding hydrogens is 400 g/mol. The number of hydrogen-bond acceptors (Lipinski definition) is 8. The van der Waals surface area contributed by atoms with Crippen molar-refractivity contribution in [3.8, 4) is 0 Å². The molecule has 0 saturated heterocycles. The molecule has 0 bridgehead atoms. The minimum absolute atomic E-state index is 0.0529. The number of amides is 1. The first kappa shape index (κ1) is 19.7. The number of nitrogens with zero attached hydrogens (tertiary/aromatic N) is 5. The minimum atomic E-state index is -0.430. The molecule has 1 amide bonds. The number of allylic oxidation sites excluding steroid dienone is 1. The third-order valence-electron chi connectivity index (χ3n) is 3.62. The Kier molecular flexibility index (Phi) is 6.50. The lowest BCUT2D eigenvalue weighted by atomic mass is 10.2. The van der Waals surface area contributed by atoms with E-state index in [-0.39, 0.29) is 18.0 Å². The molecule has 2 aromatic heterocycles. The highest BCUT2D eigenvalue weighted by atomic mass is 32.2. The van der Waals surface area contributed by atoms with Gasteiger partial charge in [0.2, 0.25) is 5.91 Å². The Morgan fingerprint density at radius 3 is 2.79 bits per heavy atom. The second kappa shape index (κ2) is 9.24. The van der Waals surface area contributed by atoms with E-state index in [0.29, 0.717) is 28.4 Å². The number of thiazole rings is 1. The second-order valence-electron chi connectivity index (χ2n) is 5.57. The van der Waals surface area contributed by atoms with Crippen LogP contribution in [0.4, 0.5) is 10.8 Å². The zero-order valence-electron chi connectivity index (χ0n) is 14.6. The molecule has 9 nitrogen and oxygen atoms in total. The quantitative estimate of drug-likeness (QED) is 0.246. The monoisotopic (exact) mass is 416 g/mol. The van der Waals surface area contributed by atoms with Gasteiger partial charge in [0.15, 0.2) is 10.3 Å². The maximum atomic E-state index is 12.2. The smallest absolute Gasteiger partial charge is 0.269 e. The van der Waals surface area contributed by atoms with E-state index in [2.05, 4.69) is 27.1 Å². The molecule has 28 heavy (non-hydrogen) atoms. The van der Waals surface area contributed by atoms with Crippen LogP contribution < -0.4 is 5.32 Å². The number of nitrogens with one attached hydrogen (secondary N) is 1. The fourth-order valence-electron chi connectivity index (χ4n) is 2.32. The number of thioether (sulfide) groups is 1. The van der Waals surface area contributed by atoms with Crippen LogP contribution in [0.25, 0.3) is 0 Å². The number of carbonyl (C=O) groups excluding carboxylic acids is 1. The van der Waals surface area contributed by atoms with Gasteiger partial charge < -0.3 is 9.88 Å². The maximum Gasteiger partial charge on any atom is 0.269 e. The molecule has 0 unspecified atom stereocenters. The van der Waals surface area contributed by atoms with Gasteiger partial charge in [0.25, 0.3) is 5.69 Å². The molecule has 1 N–H and O–H groups in total. The van der Waals surface area contributed by atoms with Crippen molar-refractivity contribution < 1.29 is 9.72 Å². The van der Waals surface area contributed by atoms with Crippen molar-refractivity contribution in [1.29, 1.82) is 0 Å². The second-order valence-corrected chi connectivity index (χ2v) is 7.41. The third-order valence-corrected chi connectivity index (χ3v) is 5.34. The average Bonchev–Trinajstić information content (AvgIpc) is 3.31. The molecule has 3 aromatic rings. The van der Waals surface area contributed by atoms with E-state index < -0.39 is 4.92 Å². The third kappa shape index (κ3) is 5.02. The fraction of sp³-hybridized carbons (Fsp3) is 0.176. The minimum Gasteiger partial charge on any atom is -0.302 e. The highest BCUT2D eigenvalue weighted by molar-refractivity contribution is 7.98. The largest absolute Gasteiger partial charge is 0.302 e. The lowest BCUT2D eigenvalue weighted by molar-refractivity contribution is -0.384. The Labute approximate surface area is 168 Å². The Bertz CT molecular complexity index is 969. The lowest BCUT2D eigenvalue weighted by Crippen LogP contribution is -2.17. The van der Waals surface area contributed by atoms with E-state index in [9.17, 15) is 14.9 Å². The van der Waals surface area contributed by atoms with Gasteiger partial charge in [-0.25, -0.2) is 4.98 Å². The molecule has 0 radical (unpaired) electrons. The first-order valence-corrected chi connectivity index (χ1v) is 10.0.